The predicted octanol–water partition coefficient (Wildman–Crippen LogP) is 1.59. The molecule has 0 saturated heterocycles. The van der Waals surface area contributed by atoms with Crippen LogP contribution in [0.25, 0.3) is 0 Å². The molecule has 0 aliphatic heterocycles. The molecule has 0 aliphatic carbocycles. The first-order valence-corrected chi connectivity index (χ1v) is 6.70. The second kappa shape index (κ2) is 6.51. The van der Waals surface area contributed by atoms with Gasteiger partial charge in [0.05, 0.1) is 11.9 Å². The quantitative estimate of drug-likeness (QED) is 0.871. The van der Waals surface area contributed by atoms with Crippen molar-refractivity contribution < 1.29 is 4.52 Å². The second-order valence-corrected chi connectivity index (χ2v) is 5.14. The van der Waals surface area contributed by atoms with E-state index in [4.69, 9.17) is 16.1 Å². The van der Waals surface area contributed by atoms with Crippen LogP contribution < -0.4 is 10.9 Å². The Balaban J connectivity index is 2.02. The number of aromatic nitrogens is 4. The predicted molar refractivity (Wildman–Crippen MR) is 74.8 cm³/mol. The summed E-state index contributed by atoms with van der Waals surface area (Å²) in [7, 11) is 0. The van der Waals surface area contributed by atoms with Crippen LogP contribution in [0.3, 0.4) is 0 Å². The van der Waals surface area contributed by atoms with Crippen LogP contribution in [0.1, 0.15) is 19.7 Å². The van der Waals surface area contributed by atoms with Gasteiger partial charge >= 0.3 is 0 Å². The minimum absolute atomic E-state index is 0.145. The molecule has 108 valence electrons. The van der Waals surface area contributed by atoms with Crippen molar-refractivity contribution in [1.82, 2.24) is 19.9 Å². The maximum Gasteiger partial charge on any atom is 0.287 e. The molecular formula is C12H16ClN5O2. The lowest BCUT2D eigenvalue weighted by atomic mass is 10.2. The summed E-state index contributed by atoms with van der Waals surface area (Å²) in [6.07, 6.45) is 3.45. The third-order valence-corrected chi connectivity index (χ3v) is 2.95. The van der Waals surface area contributed by atoms with Crippen molar-refractivity contribution >= 4 is 17.3 Å². The van der Waals surface area contributed by atoms with Crippen LogP contribution in [0.5, 0.6) is 0 Å². The molecule has 2 aromatic heterocycles. The van der Waals surface area contributed by atoms with E-state index in [0.29, 0.717) is 37.0 Å². The maximum atomic E-state index is 12.0. The first kappa shape index (κ1) is 14.5. The van der Waals surface area contributed by atoms with Crippen molar-refractivity contribution in [3.63, 3.8) is 0 Å². The molecule has 20 heavy (non-hydrogen) atoms. The molecule has 0 amide bonds. The highest BCUT2D eigenvalue weighted by molar-refractivity contribution is 6.32. The molecule has 0 aliphatic rings. The first-order chi connectivity index (χ1) is 9.58. The molecule has 0 aromatic carbocycles. The van der Waals surface area contributed by atoms with Crippen molar-refractivity contribution in [3.8, 4) is 0 Å². The van der Waals surface area contributed by atoms with E-state index < -0.39 is 0 Å². The van der Waals surface area contributed by atoms with Gasteiger partial charge in [-0.15, -0.1) is 0 Å². The molecule has 0 unspecified atom stereocenters. The fourth-order valence-corrected chi connectivity index (χ4v) is 1.89. The van der Waals surface area contributed by atoms with Gasteiger partial charge in [0.1, 0.15) is 5.02 Å². The van der Waals surface area contributed by atoms with Gasteiger partial charge in [-0.25, -0.2) is 4.68 Å². The smallest absolute Gasteiger partial charge is 0.287 e. The Kier molecular flexibility index (Phi) is 4.73. The average molecular weight is 298 g/mol. The molecule has 0 radical (unpaired) electrons. The summed E-state index contributed by atoms with van der Waals surface area (Å²) < 4.78 is 6.24. The van der Waals surface area contributed by atoms with Crippen molar-refractivity contribution in [1.29, 1.82) is 0 Å². The van der Waals surface area contributed by atoms with Crippen molar-refractivity contribution in [2.75, 3.05) is 11.9 Å². The molecule has 2 aromatic rings. The SMILES string of the molecule is CC(C)Cn1ncc(NCCc2ncno2)c(Cl)c1=O. The number of nitrogens with one attached hydrogen (secondary N) is 1. The zero-order chi connectivity index (χ0) is 14.5. The number of hydrogen-bond donors (Lipinski definition) is 1. The van der Waals surface area contributed by atoms with Crippen LogP contribution in [0.2, 0.25) is 5.02 Å². The highest BCUT2D eigenvalue weighted by Crippen LogP contribution is 2.15. The van der Waals surface area contributed by atoms with E-state index >= 15 is 0 Å². The van der Waals surface area contributed by atoms with E-state index in [-0.39, 0.29) is 10.6 Å². The topological polar surface area (TPSA) is 85.8 Å². The molecule has 7 nitrogen and oxygen atoms in total. The third-order valence-electron chi connectivity index (χ3n) is 2.58. The maximum absolute atomic E-state index is 12.0. The Bertz CT molecular complexity index is 609. The Hall–Kier alpha value is -1.89. The van der Waals surface area contributed by atoms with Crippen molar-refractivity contribution in [2.24, 2.45) is 5.92 Å². The minimum Gasteiger partial charge on any atom is -0.382 e. The largest absolute Gasteiger partial charge is 0.382 e. The van der Waals surface area contributed by atoms with E-state index in [9.17, 15) is 4.79 Å². The van der Waals surface area contributed by atoms with Crippen LogP contribution >= 0.6 is 11.6 Å². The molecule has 1 N–H and O–H groups in total. The molecule has 0 bridgehead atoms. The fourth-order valence-electron chi connectivity index (χ4n) is 1.67. The summed E-state index contributed by atoms with van der Waals surface area (Å²) in [6.45, 7) is 5.09. The Morgan fingerprint density at radius 3 is 2.95 bits per heavy atom. The molecule has 2 heterocycles. The number of nitrogens with zero attached hydrogens (tertiary/aromatic N) is 4. The zero-order valence-electron chi connectivity index (χ0n) is 11.3. The van der Waals surface area contributed by atoms with Gasteiger partial charge in [-0.2, -0.15) is 10.1 Å². The lowest BCUT2D eigenvalue weighted by Crippen LogP contribution is -2.26. The Morgan fingerprint density at radius 1 is 1.50 bits per heavy atom. The fraction of sp³-hybridized carbons (Fsp3) is 0.500. The van der Waals surface area contributed by atoms with Crippen LogP contribution in [0.15, 0.2) is 21.8 Å². The monoisotopic (exact) mass is 297 g/mol. The number of hydrogen-bond acceptors (Lipinski definition) is 6. The Labute approximate surface area is 120 Å². The van der Waals surface area contributed by atoms with Gasteiger partial charge < -0.3 is 9.84 Å². The number of rotatable bonds is 6. The van der Waals surface area contributed by atoms with Crippen LogP contribution in [-0.4, -0.2) is 26.5 Å². The molecule has 0 fully saturated rings. The summed E-state index contributed by atoms with van der Waals surface area (Å²) in [5.41, 5.74) is 0.222. The highest BCUT2D eigenvalue weighted by Gasteiger charge is 2.10. The normalized spacial score (nSPS) is 11.0. The summed E-state index contributed by atoms with van der Waals surface area (Å²) >= 11 is 6.06. The van der Waals surface area contributed by atoms with E-state index in [0.717, 1.165) is 0 Å². The van der Waals surface area contributed by atoms with Gasteiger partial charge in [0.2, 0.25) is 5.89 Å². The molecule has 0 spiro atoms. The van der Waals surface area contributed by atoms with E-state index in [1.807, 2.05) is 13.8 Å². The van der Waals surface area contributed by atoms with Crippen molar-refractivity contribution in [3.05, 3.63) is 33.8 Å². The molecule has 0 atom stereocenters. The summed E-state index contributed by atoms with van der Waals surface area (Å²) in [4.78, 5) is 15.9. The highest BCUT2D eigenvalue weighted by atomic mass is 35.5. The van der Waals surface area contributed by atoms with E-state index in [2.05, 4.69) is 20.6 Å². The Morgan fingerprint density at radius 2 is 2.30 bits per heavy atom. The third kappa shape index (κ3) is 3.57. The zero-order valence-corrected chi connectivity index (χ0v) is 12.1. The van der Waals surface area contributed by atoms with Gasteiger partial charge in [0.25, 0.3) is 5.56 Å². The standard InChI is InChI=1S/C12H16ClN5O2/c1-8(2)6-18-12(19)11(13)9(5-16-18)14-4-3-10-15-7-17-20-10/h5,7-8,14H,3-4,6H2,1-2H3. The minimum atomic E-state index is -0.289. The second-order valence-electron chi connectivity index (χ2n) is 4.77. The first-order valence-electron chi connectivity index (χ1n) is 6.33. The van der Waals surface area contributed by atoms with Gasteiger partial charge in [0, 0.05) is 19.5 Å². The molecule has 8 heteroatoms. The van der Waals surface area contributed by atoms with E-state index in [1.54, 1.807) is 6.20 Å². The summed E-state index contributed by atoms with van der Waals surface area (Å²) in [6, 6.07) is 0. The van der Waals surface area contributed by atoms with Crippen molar-refractivity contribution in [2.45, 2.75) is 26.8 Å². The van der Waals surface area contributed by atoms with Crippen LogP contribution in [-0.2, 0) is 13.0 Å². The van der Waals surface area contributed by atoms with Gasteiger partial charge in [0.15, 0.2) is 6.33 Å². The van der Waals surface area contributed by atoms with Gasteiger partial charge in [-0.05, 0) is 5.92 Å². The van der Waals surface area contributed by atoms with Gasteiger partial charge in [-0.3, -0.25) is 4.79 Å². The molecular weight excluding hydrogens is 282 g/mol. The lowest BCUT2D eigenvalue weighted by Gasteiger charge is -2.11. The molecule has 0 saturated carbocycles. The van der Waals surface area contributed by atoms with Crippen LogP contribution in [0, 0.1) is 5.92 Å². The summed E-state index contributed by atoms with van der Waals surface area (Å²) in [5.74, 6) is 0.849. The summed E-state index contributed by atoms with van der Waals surface area (Å²) in [5, 5.41) is 10.8. The average Bonchev–Trinajstić information content (AvgIpc) is 2.90. The van der Waals surface area contributed by atoms with E-state index in [1.165, 1.54) is 11.0 Å². The number of anilines is 1. The lowest BCUT2D eigenvalue weighted by molar-refractivity contribution is 0.379. The van der Waals surface area contributed by atoms with Gasteiger partial charge in [-0.1, -0.05) is 30.6 Å². The number of halogens is 1. The van der Waals surface area contributed by atoms with Crippen LogP contribution in [0.4, 0.5) is 5.69 Å². The molecule has 2 rings (SSSR count).